The molecule has 1 aromatic carbocycles. The second kappa shape index (κ2) is 8.73. The highest BCUT2D eigenvalue weighted by atomic mass is 35.5. The Morgan fingerprint density at radius 3 is 2.21 bits per heavy atom. The molecule has 0 saturated heterocycles. The maximum Gasteiger partial charge on any atom is 0.405 e. The van der Waals surface area contributed by atoms with Crippen LogP contribution in [0.5, 0.6) is 0 Å². The van der Waals surface area contributed by atoms with Gasteiger partial charge in [0, 0.05) is 23.6 Å². The van der Waals surface area contributed by atoms with Crippen LogP contribution in [0.3, 0.4) is 0 Å². The van der Waals surface area contributed by atoms with Crippen LogP contribution >= 0.6 is 11.6 Å². The summed E-state index contributed by atoms with van der Waals surface area (Å²) in [6.45, 7) is 1.27. The summed E-state index contributed by atoms with van der Waals surface area (Å²) in [5.74, 6) is -2.54. The Labute approximate surface area is 168 Å². The van der Waals surface area contributed by atoms with Crippen LogP contribution in [0.1, 0.15) is 18.1 Å². The summed E-state index contributed by atoms with van der Waals surface area (Å²) in [4.78, 5) is 33.7. The van der Waals surface area contributed by atoms with Crippen LogP contribution in [0, 0.1) is 6.92 Å². The molecule has 0 aliphatic rings. The summed E-state index contributed by atoms with van der Waals surface area (Å²) in [6, 6.07) is 6.02. The zero-order valence-corrected chi connectivity index (χ0v) is 16.1. The number of rotatable bonds is 6. The Morgan fingerprint density at radius 2 is 1.72 bits per heavy atom. The number of carbonyl (C=O) groups excluding carboxylic acids is 2. The number of alkyl halides is 5. The lowest BCUT2D eigenvalue weighted by molar-refractivity contribution is -0.142. The Kier molecular flexibility index (Phi) is 6.78. The maximum atomic E-state index is 13.8. The fourth-order valence-corrected chi connectivity index (χ4v) is 2.76. The number of nitrogens with one attached hydrogen (secondary N) is 1. The van der Waals surface area contributed by atoms with Crippen molar-refractivity contribution in [3.05, 3.63) is 54.1 Å². The standard InChI is InChI=1S/C18H17ClF4N4O2/c1-11-3-5-13(6-4-11)27(15(28)14(19)20)17(2,12-7-24-10-25-8-12)16(29)26-9-18(21,22)23/h3-8,10,14H,9H2,1-2H3,(H,26,29)/t14-,17-/m0/s1. The van der Waals surface area contributed by atoms with E-state index in [0.29, 0.717) is 4.90 Å². The molecule has 2 rings (SSSR count). The van der Waals surface area contributed by atoms with Gasteiger partial charge in [0.05, 0.1) is 0 Å². The van der Waals surface area contributed by atoms with Crippen molar-refractivity contribution < 1.29 is 27.2 Å². The first kappa shape index (κ1) is 22.5. The van der Waals surface area contributed by atoms with Crippen molar-refractivity contribution in [2.24, 2.45) is 0 Å². The number of aromatic nitrogens is 2. The molecule has 0 aliphatic heterocycles. The van der Waals surface area contributed by atoms with E-state index in [9.17, 15) is 27.2 Å². The molecular weight excluding hydrogens is 416 g/mol. The van der Waals surface area contributed by atoms with Gasteiger partial charge in [-0.15, -0.1) is 0 Å². The van der Waals surface area contributed by atoms with Gasteiger partial charge in [-0.3, -0.25) is 14.5 Å². The number of anilines is 1. The minimum absolute atomic E-state index is 0.0362. The summed E-state index contributed by atoms with van der Waals surface area (Å²) >= 11 is 5.35. The van der Waals surface area contributed by atoms with Crippen LogP contribution in [-0.4, -0.2) is 40.1 Å². The first-order valence-electron chi connectivity index (χ1n) is 8.26. The second-order valence-corrected chi connectivity index (χ2v) is 6.69. The molecular formula is C18H17ClF4N4O2. The van der Waals surface area contributed by atoms with E-state index >= 15 is 0 Å². The largest absolute Gasteiger partial charge is 0.405 e. The molecule has 6 nitrogen and oxygen atoms in total. The highest BCUT2D eigenvalue weighted by Gasteiger charge is 2.47. The number of benzene rings is 1. The maximum absolute atomic E-state index is 13.8. The van der Waals surface area contributed by atoms with E-state index in [4.69, 9.17) is 11.6 Å². The molecule has 0 spiro atoms. The monoisotopic (exact) mass is 432 g/mol. The molecule has 0 saturated carbocycles. The summed E-state index contributed by atoms with van der Waals surface area (Å²) in [6.07, 6.45) is -1.27. The third-order valence-corrected chi connectivity index (χ3v) is 4.35. The Hall–Kier alpha value is -2.75. The van der Waals surface area contributed by atoms with Gasteiger partial charge in [-0.1, -0.05) is 29.3 Å². The molecule has 2 aromatic rings. The van der Waals surface area contributed by atoms with Crippen LogP contribution in [0.15, 0.2) is 43.0 Å². The third kappa shape index (κ3) is 5.20. The average Bonchev–Trinajstić information content (AvgIpc) is 2.67. The van der Waals surface area contributed by atoms with Gasteiger partial charge >= 0.3 is 6.18 Å². The normalized spacial score (nSPS) is 14.6. The quantitative estimate of drug-likeness (QED) is 0.561. The molecule has 156 valence electrons. The first-order chi connectivity index (χ1) is 13.5. The van der Waals surface area contributed by atoms with Crippen LogP contribution < -0.4 is 10.2 Å². The lowest BCUT2D eigenvalue weighted by Crippen LogP contribution is -2.59. The van der Waals surface area contributed by atoms with Gasteiger partial charge in [-0.2, -0.15) is 13.2 Å². The second-order valence-electron chi connectivity index (χ2n) is 6.31. The predicted molar refractivity (Wildman–Crippen MR) is 97.9 cm³/mol. The topological polar surface area (TPSA) is 75.2 Å². The molecule has 0 bridgehead atoms. The van der Waals surface area contributed by atoms with E-state index in [1.165, 1.54) is 12.1 Å². The number of amides is 2. The lowest BCUT2D eigenvalue weighted by Gasteiger charge is -2.40. The van der Waals surface area contributed by atoms with Crippen LogP contribution in [0.2, 0.25) is 0 Å². The van der Waals surface area contributed by atoms with Gasteiger partial charge in [0.15, 0.2) is 5.54 Å². The van der Waals surface area contributed by atoms with Gasteiger partial charge in [0.2, 0.25) is 0 Å². The summed E-state index contributed by atoms with van der Waals surface area (Å²) < 4.78 is 51.8. The Balaban J connectivity index is 2.65. The molecule has 0 unspecified atom stereocenters. The van der Waals surface area contributed by atoms with E-state index in [2.05, 4.69) is 9.97 Å². The van der Waals surface area contributed by atoms with Gasteiger partial charge in [-0.05, 0) is 26.0 Å². The highest BCUT2D eigenvalue weighted by Crippen LogP contribution is 2.35. The molecule has 0 radical (unpaired) electrons. The van der Waals surface area contributed by atoms with Crippen LogP contribution in [0.25, 0.3) is 0 Å². The Bertz CT molecular complexity index is 862. The van der Waals surface area contributed by atoms with Crippen molar-refractivity contribution in [1.82, 2.24) is 15.3 Å². The third-order valence-electron chi connectivity index (χ3n) is 4.16. The zero-order valence-electron chi connectivity index (χ0n) is 15.4. The van der Waals surface area contributed by atoms with Crippen molar-refractivity contribution in [2.45, 2.75) is 31.2 Å². The van der Waals surface area contributed by atoms with E-state index in [1.54, 1.807) is 24.4 Å². The van der Waals surface area contributed by atoms with E-state index in [-0.39, 0.29) is 11.3 Å². The minimum atomic E-state index is -4.70. The average molecular weight is 433 g/mol. The highest BCUT2D eigenvalue weighted by molar-refractivity contribution is 6.32. The predicted octanol–water partition coefficient (Wildman–Crippen LogP) is 3.25. The number of hydrogen-bond donors (Lipinski definition) is 1. The fraction of sp³-hybridized carbons (Fsp3) is 0.333. The number of hydrogen-bond acceptors (Lipinski definition) is 4. The molecule has 0 aliphatic carbocycles. The molecule has 1 N–H and O–H groups in total. The van der Waals surface area contributed by atoms with Crippen LogP contribution in [-0.2, 0) is 15.1 Å². The minimum Gasteiger partial charge on any atom is -0.345 e. The first-order valence-corrected chi connectivity index (χ1v) is 8.70. The number of nitrogens with zero attached hydrogens (tertiary/aromatic N) is 3. The van der Waals surface area contributed by atoms with Gasteiger partial charge in [0.1, 0.15) is 12.9 Å². The summed E-state index contributed by atoms with van der Waals surface area (Å²) in [5.41, 5.74) is -3.85. The summed E-state index contributed by atoms with van der Waals surface area (Å²) in [7, 11) is 0. The lowest BCUT2D eigenvalue weighted by atomic mass is 9.89. The van der Waals surface area contributed by atoms with Crippen molar-refractivity contribution in [3.63, 3.8) is 0 Å². The van der Waals surface area contributed by atoms with Crippen molar-refractivity contribution in [2.75, 3.05) is 11.4 Å². The van der Waals surface area contributed by atoms with Crippen molar-refractivity contribution in [3.8, 4) is 0 Å². The van der Waals surface area contributed by atoms with Gasteiger partial charge in [0.25, 0.3) is 17.4 Å². The van der Waals surface area contributed by atoms with E-state index < -0.39 is 35.7 Å². The zero-order chi connectivity index (χ0) is 21.8. The molecule has 29 heavy (non-hydrogen) atoms. The molecule has 2 atom stereocenters. The molecule has 11 heteroatoms. The van der Waals surface area contributed by atoms with E-state index in [0.717, 1.165) is 31.2 Å². The Morgan fingerprint density at radius 1 is 1.17 bits per heavy atom. The molecule has 2 amide bonds. The number of aryl methyl sites for hydroxylation is 1. The summed E-state index contributed by atoms with van der Waals surface area (Å²) in [5, 5.41) is 1.74. The van der Waals surface area contributed by atoms with Crippen molar-refractivity contribution >= 4 is 29.1 Å². The van der Waals surface area contributed by atoms with Crippen molar-refractivity contribution in [1.29, 1.82) is 0 Å². The van der Waals surface area contributed by atoms with Crippen LogP contribution in [0.4, 0.5) is 23.2 Å². The van der Waals surface area contributed by atoms with Gasteiger partial charge < -0.3 is 5.32 Å². The fourth-order valence-electron chi connectivity index (χ4n) is 2.66. The smallest absolute Gasteiger partial charge is 0.345 e. The molecule has 0 fully saturated rings. The number of halogens is 5. The SMILES string of the molecule is Cc1ccc(N(C(=O)[C@H](F)Cl)[C@](C)(C(=O)NCC(F)(F)F)c2cncnc2)cc1. The van der Waals surface area contributed by atoms with E-state index in [1.807, 2.05) is 0 Å². The molecule has 1 heterocycles. The molecule has 1 aromatic heterocycles. The van der Waals surface area contributed by atoms with Gasteiger partial charge in [-0.25, -0.2) is 14.4 Å². The number of carbonyl (C=O) groups is 2.